The van der Waals surface area contributed by atoms with Crippen LogP contribution in [0, 0.1) is 5.92 Å². The molecule has 0 bridgehead atoms. The zero-order chi connectivity index (χ0) is 15.0. The van der Waals surface area contributed by atoms with Gasteiger partial charge in [0.2, 0.25) is 5.91 Å². The Morgan fingerprint density at radius 2 is 2.24 bits per heavy atom. The number of benzene rings is 1. The van der Waals surface area contributed by atoms with Crippen LogP contribution in [0.5, 0.6) is 0 Å². The van der Waals surface area contributed by atoms with Crippen molar-refractivity contribution in [2.45, 2.75) is 51.1 Å². The molecule has 3 nitrogen and oxygen atoms in total. The van der Waals surface area contributed by atoms with Gasteiger partial charge in [-0.3, -0.25) is 4.79 Å². The van der Waals surface area contributed by atoms with Crippen LogP contribution < -0.4 is 5.73 Å². The quantitative estimate of drug-likeness (QED) is 0.844. The van der Waals surface area contributed by atoms with Gasteiger partial charge in [-0.1, -0.05) is 40.9 Å². The van der Waals surface area contributed by atoms with Crippen molar-refractivity contribution in [1.82, 2.24) is 4.90 Å². The molecule has 0 saturated heterocycles. The predicted molar refractivity (Wildman–Crippen MR) is 87.8 cm³/mol. The van der Waals surface area contributed by atoms with Gasteiger partial charge in [0.1, 0.15) is 0 Å². The van der Waals surface area contributed by atoms with Crippen LogP contribution in [0.25, 0.3) is 0 Å². The van der Waals surface area contributed by atoms with Crippen LogP contribution in [0.3, 0.4) is 0 Å². The van der Waals surface area contributed by atoms with Crippen molar-refractivity contribution < 1.29 is 4.79 Å². The summed E-state index contributed by atoms with van der Waals surface area (Å²) in [6.45, 7) is 3.57. The van der Waals surface area contributed by atoms with Crippen molar-refractivity contribution in [2.75, 3.05) is 6.54 Å². The zero-order valence-electron chi connectivity index (χ0n) is 12.6. The van der Waals surface area contributed by atoms with Gasteiger partial charge in [0, 0.05) is 23.1 Å². The van der Waals surface area contributed by atoms with Crippen LogP contribution in [0.15, 0.2) is 22.7 Å². The van der Waals surface area contributed by atoms with Crippen LogP contribution in [0.1, 0.15) is 43.7 Å². The Kier molecular flexibility index (Phi) is 4.10. The lowest BCUT2D eigenvalue weighted by Gasteiger charge is -2.41. The summed E-state index contributed by atoms with van der Waals surface area (Å²) in [4.78, 5) is 14.9. The van der Waals surface area contributed by atoms with Crippen LogP contribution in [0.2, 0.25) is 0 Å². The molecule has 1 aliphatic carbocycles. The molecule has 1 aliphatic heterocycles. The highest BCUT2D eigenvalue weighted by atomic mass is 79.9. The van der Waals surface area contributed by atoms with Crippen molar-refractivity contribution in [3.8, 4) is 0 Å². The molecule has 1 heterocycles. The van der Waals surface area contributed by atoms with Crippen LogP contribution in [-0.2, 0) is 17.8 Å². The minimum Gasteiger partial charge on any atom is -0.338 e. The monoisotopic (exact) mass is 350 g/mol. The largest absolute Gasteiger partial charge is 0.338 e. The van der Waals surface area contributed by atoms with E-state index < -0.39 is 0 Å². The lowest BCUT2D eigenvalue weighted by Crippen LogP contribution is -2.54. The first-order chi connectivity index (χ1) is 9.99. The summed E-state index contributed by atoms with van der Waals surface area (Å²) in [5, 5.41) is 0. The van der Waals surface area contributed by atoms with Gasteiger partial charge in [-0.2, -0.15) is 0 Å². The van der Waals surface area contributed by atoms with Gasteiger partial charge in [-0.15, -0.1) is 0 Å². The highest BCUT2D eigenvalue weighted by Crippen LogP contribution is 2.35. The van der Waals surface area contributed by atoms with Crippen molar-refractivity contribution in [3.05, 3.63) is 33.8 Å². The second kappa shape index (κ2) is 5.73. The Labute approximate surface area is 135 Å². The van der Waals surface area contributed by atoms with E-state index in [1.54, 1.807) is 0 Å². The van der Waals surface area contributed by atoms with Crippen LogP contribution in [0.4, 0.5) is 0 Å². The summed E-state index contributed by atoms with van der Waals surface area (Å²) >= 11 is 3.61. The van der Waals surface area contributed by atoms with E-state index in [4.69, 9.17) is 5.73 Å². The van der Waals surface area contributed by atoms with Gasteiger partial charge in [0.05, 0.1) is 5.92 Å². The maximum atomic E-state index is 12.9. The number of hydrogen-bond donors (Lipinski definition) is 1. The van der Waals surface area contributed by atoms with E-state index in [0.717, 1.165) is 43.1 Å². The Morgan fingerprint density at radius 3 is 3.00 bits per heavy atom. The molecule has 2 N–H and O–H groups in total. The van der Waals surface area contributed by atoms with Crippen LogP contribution >= 0.6 is 15.9 Å². The minimum absolute atomic E-state index is 0.0183. The summed E-state index contributed by atoms with van der Waals surface area (Å²) in [7, 11) is 0. The summed E-state index contributed by atoms with van der Waals surface area (Å²) in [5.41, 5.74) is 8.66. The van der Waals surface area contributed by atoms with E-state index in [-0.39, 0.29) is 17.4 Å². The standard InChI is InChI=1S/C17H23BrN2O/c1-17(19)9-3-2-6-14(17)16(21)20-10-8-12-5-4-7-15(18)13(12)11-20/h4-5,7,14H,2-3,6,8-11,19H2,1H3. The van der Waals surface area contributed by atoms with E-state index in [0.29, 0.717) is 6.54 Å². The lowest BCUT2D eigenvalue weighted by molar-refractivity contribution is -0.139. The first-order valence-corrected chi connectivity index (χ1v) is 8.62. The average molecular weight is 351 g/mol. The molecule has 2 atom stereocenters. The van der Waals surface area contributed by atoms with Gasteiger partial charge in [-0.05, 0) is 43.4 Å². The molecule has 4 heteroatoms. The number of carbonyl (C=O) groups is 1. The molecule has 2 unspecified atom stereocenters. The van der Waals surface area contributed by atoms with E-state index in [2.05, 4.69) is 34.1 Å². The normalized spacial score (nSPS) is 29.1. The molecule has 1 aromatic rings. The first-order valence-electron chi connectivity index (χ1n) is 7.83. The molecule has 1 aromatic carbocycles. The third kappa shape index (κ3) is 2.88. The van der Waals surface area contributed by atoms with Gasteiger partial charge in [0.15, 0.2) is 0 Å². The predicted octanol–water partition coefficient (Wildman–Crippen LogP) is 3.24. The highest BCUT2D eigenvalue weighted by molar-refractivity contribution is 9.10. The molecule has 3 rings (SSSR count). The molecule has 21 heavy (non-hydrogen) atoms. The molecule has 0 spiro atoms. The number of nitrogens with zero attached hydrogens (tertiary/aromatic N) is 1. The number of halogens is 1. The number of hydrogen-bond acceptors (Lipinski definition) is 2. The number of nitrogens with two attached hydrogens (primary N) is 1. The van der Waals surface area contributed by atoms with Gasteiger partial charge in [-0.25, -0.2) is 0 Å². The fraction of sp³-hybridized carbons (Fsp3) is 0.588. The number of rotatable bonds is 1. The van der Waals surface area contributed by atoms with E-state index >= 15 is 0 Å². The molecule has 1 fully saturated rings. The Balaban J connectivity index is 1.79. The topological polar surface area (TPSA) is 46.3 Å². The zero-order valence-corrected chi connectivity index (χ0v) is 14.2. The first kappa shape index (κ1) is 15.0. The third-order valence-electron chi connectivity index (χ3n) is 5.08. The fourth-order valence-corrected chi connectivity index (χ4v) is 4.24. The van der Waals surface area contributed by atoms with Crippen LogP contribution in [-0.4, -0.2) is 22.9 Å². The SMILES string of the molecule is CC1(N)CCCCC1C(=O)N1CCc2cccc(Br)c2C1. The second-order valence-electron chi connectivity index (χ2n) is 6.69. The molecule has 114 valence electrons. The Hall–Kier alpha value is -0.870. The Morgan fingerprint density at radius 1 is 1.43 bits per heavy atom. The van der Waals surface area contributed by atoms with E-state index in [1.165, 1.54) is 11.1 Å². The van der Waals surface area contributed by atoms with Gasteiger partial charge >= 0.3 is 0 Å². The summed E-state index contributed by atoms with van der Waals surface area (Å²) in [6, 6.07) is 6.29. The summed E-state index contributed by atoms with van der Waals surface area (Å²) in [6.07, 6.45) is 5.10. The van der Waals surface area contributed by atoms with Crippen molar-refractivity contribution in [1.29, 1.82) is 0 Å². The molecule has 0 aromatic heterocycles. The van der Waals surface area contributed by atoms with Crippen molar-refractivity contribution in [2.24, 2.45) is 11.7 Å². The smallest absolute Gasteiger partial charge is 0.227 e. The second-order valence-corrected chi connectivity index (χ2v) is 7.55. The molecular formula is C17H23BrN2O. The molecule has 0 radical (unpaired) electrons. The molecule has 2 aliphatic rings. The van der Waals surface area contributed by atoms with Gasteiger partial charge < -0.3 is 10.6 Å². The average Bonchev–Trinajstić information content (AvgIpc) is 2.46. The fourth-order valence-electron chi connectivity index (χ4n) is 3.71. The van der Waals surface area contributed by atoms with E-state index in [9.17, 15) is 4.79 Å². The summed E-state index contributed by atoms with van der Waals surface area (Å²) < 4.78 is 1.11. The molecule has 1 amide bonds. The third-order valence-corrected chi connectivity index (χ3v) is 5.82. The number of fused-ring (bicyclic) bond motifs is 1. The highest BCUT2D eigenvalue weighted by Gasteiger charge is 2.40. The van der Waals surface area contributed by atoms with Gasteiger partial charge in [0.25, 0.3) is 0 Å². The lowest BCUT2D eigenvalue weighted by atomic mass is 9.73. The molecular weight excluding hydrogens is 328 g/mol. The molecule has 1 saturated carbocycles. The van der Waals surface area contributed by atoms with Crippen molar-refractivity contribution >= 4 is 21.8 Å². The Bertz CT molecular complexity index is 556. The maximum Gasteiger partial charge on any atom is 0.227 e. The number of carbonyl (C=O) groups excluding carboxylic acids is 1. The van der Waals surface area contributed by atoms with E-state index in [1.807, 2.05) is 11.8 Å². The summed E-state index contributed by atoms with van der Waals surface area (Å²) in [5.74, 6) is 0.233. The number of amides is 1. The minimum atomic E-state index is -0.344. The maximum absolute atomic E-state index is 12.9. The van der Waals surface area contributed by atoms with Crippen molar-refractivity contribution in [3.63, 3.8) is 0 Å².